The second-order valence-electron chi connectivity index (χ2n) is 6.78. The summed E-state index contributed by atoms with van der Waals surface area (Å²) in [7, 11) is 0. The predicted octanol–water partition coefficient (Wildman–Crippen LogP) is 1.77. The van der Waals surface area contributed by atoms with Gasteiger partial charge in [-0.25, -0.2) is 0 Å². The van der Waals surface area contributed by atoms with Crippen LogP contribution in [0.25, 0.3) is 0 Å². The molecule has 2 aliphatic heterocycles. The number of hydrogen-bond donors (Lipinski definition) is 0. The maximum atomic E-state index is 12.9. The van der Waals surface area contributed by atoms with Crippen LogP contribution < -0.4 is 4.74 Å². The molecule has 0 saturated carbocycles. The smallest absolute Gasteiger partial charge is 0.237 e. The maximum Gasteiger partial charge on any atom is 0.237 e. The van der Waals surface area contributed by atoms with Crippen molar-refractivity contribution in [3.8, 4) is 5.75 Å². The highest BCUT2D eigenvalue weighted by Gasteiger charge is 2.30. The quantitative estimate of drug-likeness (QED) is 0.851. The molecule has 1 amide bonds. The fourth-order valence-corrected chi connectivity index (χ4v) is 3.78. The van der Waals surface area contributed by atoms with Gasteiger partial charge in [-0.15, -0.1) is 0 Å². The number of benzene rings is 1. The van der Waals surface area contributed by atoms with E-state index < -0.39 is 0 Å². The zero-order valence-corrected chi connectivity index (χ0v) is 14.4. The molecule has 25 heavy (non-hydrogen) atoms. The van der Waals surface area contributed by atoms with Gasteiger partial charge in [0.15, 0.2) is 0 Å². The molecule has 2 aromatic rings. The largest absolute Gasteiger partial charge is 0.492 e. The number of aromatic nitrogens is 2. The molecule has 1 unspecified atom stereocenters. The lowest BCUT2D eigenvalue weighted by molar-refractivity contribution is -0.133. The van der Waals surface area contributed by atoms with Gasteiger partial charge in [0.1, 0.15) is 12.4 Å². The normalized spacial score (nSPS) is 20.8. The van der Waals surface area contributed by atoms with Crippen LogP contribution >= 0.6 is 0 Å². The summed E-state index contributed by atoms with van der Waals surface area (Å²) in [6.07, 6.45) is 5.88. The lowest BCUT2D eigenvalue weighted by atomic mass is 10.2. The van der Waals surface area contributed by atoms with E-state index in [4.69, 9.17) is 4.74 Å². The van der Waals surface area contributed by atoms with Crippen LogP contribution in [-0.4, -0.2) is 57.8 Å². The minimum absolute atomic E-state index is 0.217. The second-order valence-corrected chi connectivity index (χ2v) is 6.78. The van der Waals surface area contributed by atoms with Gasteiger partial charge in [0.05, 0.1) is 19.1 Å². The van der Waals surface area contributed by atoms with Crippen molar-refractivity contribution < 1.29 is 9.53 Å². The monoisotopic (exact) mass is 340 g/mol. The molecule has 1 fully saturated rings. The molecule has 1 aromatic carbocycles. The van der Waals surface area contributed by atoms with Crippen molar-refractivity contribution in [2.24, 2.45) is 0 Å². The molecule has 6 nitrogen and oxygen atoms in total. The van der Waals surface area contributed by atoms with Crippen LogP contribution in [0.4, 0.5) is 0 Å². The lowest BCUT2D eigenvalue weighted by Gasteiger charge is -2.28. The van der Waals surface area contributed by atoms with Gasteiger partial charge in [0.25, 0.3) is 0 Å². The Morgan fingerprint density at radius 2 is 2.16 bits per heavy atom. The standard InChI is InChI=1S/C19H24N4O2/c24-19(23-10-3-6-17(23)14-22-9-4-8-20-22)15-21-11-12-25-18-7-2-1-5-16(18)13-21/h1-2,4-5,7-9,17H,3,6,10-15H2. The van der Waals surface area contributed by atoms with Crippen molar-refractivity contribution in [2.45, 2.75) is 32.0 Å². The molecule has 1 aromatic heterocycles. The number of nitrogens with zero attached hydrogens (tertiary/aromatic N) is 4. The van der Waals surface area contributed by atoms with Gasteiger partial charge < -0.3 is 9.64 Å². The van der Waals surface area contributed by atoms with E-state index in [1.807, 2.05) is 40.0 Å². The molecule has 0 N–H and O–H groups in total. The van der Waals surface area contributed by atoms with Crippen molar-refractivity contribution >= 4 is 5.91 Å². The zero-order valence-electron chi connectivity index (χ0n) is 14.4. The highest BCUT2D eigenvalue weighted by atomic mass is 16.5. The van der Waals surface area contributed by atoms with Crippen LogP contribution in [0, 0.1) is 0 Å². The summed E-state index contributed by atoms with van der Waals surface area (Å²) in [5, 5.41) is 4.28. The van der Waals surface area contributed by atoms with Gasteiger partial charge in [0.2, 0.25) is 5.91 Å². The highest BCUT2D eigenvalue weighted by molar-refractivity contribution is 5.79. The number of amides is 1. The number of likely N-dealkylation sites (tertiary alicyclic amines) is 1. The zero-order chi connectivity index (χ0) is 17.1. The van der Waals surface area contributed by atoms with Crippen LogP contribution in [0.1, 0.15) is 18.4 Å². The van der Waals surface area contributed by atoms with Gasteiger partial charge in [-0.3, -0.25) is 14.4 Å². The Kier molecular flexibility index (Phi) is 4.70. The van der Waals surface area contributed by atoms with Crippen molar-refractivity contribution in [2.75, 3.05) is 26.2 Å². The summed E-state index contributed by atoms with van der Waals surface area (Å²) in [6, 6.07) is 10.3. The fraction of sp³-hybridized carbons (Fsp3) is 0.474. The molecule has 3 heterocycles. The maximum absolute atomic E-state index is 12.9. The van der Waals surface area contributed by atoms with E-state index >= 15 is 0 Å². The Bertz CT molecular complexity index is 716. The van der Waals surface area contributed by atoms with Crippen molar-refractivity contribution in [1.82, 2.24) is 19.6 Å². The average molecular weight is 340 g/mol. The van der Waals surface area contributed by atoms with Crippen LogP contribution in [0.2, 0.25) is 0 Å². The Labute approximate surface area is 148 Å². The summed E-state index contributed by atoms with van der Waals surface area (Å²) < 4.78 is 7.72. The third-order valence-corrected chi connectivity index (χ3v) is 5.04. The van der Waals surface area contributed by atoms with Gasteiger partial charge in [-0.2, -0.15) is 5.10 Å². The number of ether oxygens (including phenoxy) is 1. The van der Waals surface area contributed by atoms with E-state index in [1.165, 1.54) is 0 Å². The predicted molar refractivity (Wildman–Crippen MR) is 94.2 cm³/mol. The molecule has 2 aliphatic rings. The summed E-state index contributed by atoms with van der Waals surface area (Å²) in [6.45, 7) is 4.25. The van der Waals surface area contributed by atoms with Gasteiger partial charge in [0, 0.05) is 37.6 Å². The van der Waals surface area contributed by atoms with Crippen LogP contribution in [0.15, 0.2) is 42.7 Å². The molecule has 0 bridgehead atoms. The van der Waals surface area contributed by atoms with E-state index in [0.29, 0.717) is 13.2 Å². The fourth-order valence-electron chi connectivity index (χ4n) is 3.78. The number of rotatable bonds is 4. The van der Waals surface area contributed by atoms with E-state index in [-0.39, 0.29) is 11.9 Å². The Morgan fingerprint density at radius 3 is 3.04 bits per heavy atom. The topological polar surface area (TPSA) is 50.6 Å². The first-order valence-corrected chi connectivity index (χ1v) is 8.99. The summed E-state index contributed by atoms with van der Waals surface area (Å²) >= 11 is 0. The average Bonchev–Trinajstić information content (AvgIpc) is 3.24. The first-order chi connectivity index (χ1) is 12.3. The first-order valence-electron chi connectivity index (χ1n) is 8.99. The lowest BCUT2D eigenvalue weighted by Crippen LogP contribution is -2.44. The van der Waals surface area contributed by atoms with Crippen LogP contribution in [0.3, 0.4) is 0 Å². The van der Waals surface area contributed by atoms with Crippen molar-refractivity contribution in [3.63, 3.8) is 0 Å². The third kappa shape index (κ3) is 3.69. The summed E-state index contributed by atoms with van der Waals surface area (Å²) in [4.78, 5) is 17.1. The van der Waals surface area contributed by atoms with Gasteiger partial charge >= 0.3 is 0 Å². The second kappa shape index (κ2) is 7.27. The molecule has 4 rings (SSSR count). The first kappa shape index (κ1) is 16.1. The van der Waals surface area contributed by atoms with E-state index in [1.54, 1.807) is 6.20 Å². The van der Waals surface area contributed by atoms with Crippen molar-refractivity contribution in [1.29, 1.82) is 0 Å². The Morgan fingerprint density at radius 1 is 1.24 bits per heavy atom. The van der Waals surface area contributed by atoms with Gasteiger partial charge in [-0.1, -0.05) is 18.2 Å². The van der Waals surface area contributed by atoms with Crippen LogP contribution in [-0.2, 0) is 17.9 Å². The van der Waals surface area contributed by atoms with E-state index in [0.717, 1.165) is 50.3 Å². The SMILES string of the molecule is O=C(CN1CCOc2ccccc2C1)N1CCCC1Cn1cccn1. The van der Waals surface area contributed by atoms with E-state index in [2.05, 4.69) is 16.1 Å². The number of carbonyl (C=O) groups excluding carboxylic acids is 1. The third-order valence-electron chi connectivity index (χ3n) is 5.04. The number of carbonyl (C=O) groups is 1. The summed E-state index contributed by atoms with van der Waals surface area (Å²) in [5.41, 5.74) is 1.15. The van der Waals surface area contributed by atoms with Crippen molar-refractivity contribution in [3.05, 3.63) is 48.3 Å². The molecule has 1 atom stereocenters. The highest BCUT2D eigenvalue weighted by Crippen LogP contribution is 2.23. The number of fused-ring (bicyclic) bond motifs is 1. The summed E-state index contributed by atoms with van der Waals surface area (Å²) in [5.74, 6) is 1.16. The molecular formula is C19H24N4O2. The minimum Gasteiger partial charge on any atom is -0.492 e. The number of hydrogen-bond acceptors (Lipinski definition) is 4. The molecule has 1 saturated heterocycles. The molecule has 0 spiro atoms. The molecule has 0 aliphatic carbocycles. The number of para-hydroxylation sites is 1. The van der Waals surface area contributed by atoms with Crippen LogP contribution in [0.5, 0.6) is 5.75 Å². The molecule has 132 valence electrons. The molecular weight excluding hydrogens is 316 g/mol. The molecule has 0 radical (unpaired) electrons. The Balaban J connectivity index is 1.39. The Hall–Kier alpha value is -2.34. The van der Waals surface area contributed by atoms with Gasteiger partial charge in [-0.05, 0) is 25.0 Å². The van der Waals surface area contributed by atoms with E-state index in [9.17, 15) is 4.79 Å². The minimum atomic E-state index is 0.217. The molecule has 6 heteroatoms.